The molecule has 0 saturated carbocycles. The second kappa shape index (κ2) is 6.71. The van der Waals surface area contributed by atoms with Crippen LogP contribution < -0.4 is 5.32 Å². The zero-order valence-electron chi connectivity index (χ0n) is 14.5. The number of nitrogens with one attached hydrogen (secondary N) is 1. The number of anilines is 1. The van der Waals surface area contributed by atoms with Gasteiger partial charge in [-0.3, -0.25) is 9.53 Å². The van der Waals surface area contributed by atoms with Gasteiger partial charge in [-0.1, -0.05) is 6.07 Å². The number of fused-ring (bicyclic) bond motifs is 1. The number of rotatable bonds is 4. The van der Waals surface area contributed by atoms with E-state index in [4.69, 9.17) is 0 Å². The molecule has 2 heterocycles. The summed E-state index contributed by atoms with van der Waals surface area (Å²) in [4.78, 5) is 22.3. The first-order valence-corrected chi connectivity index (χ1v) is 8.18. The van der Waals surface area contributed by atoms with Gasteiger partial charge in [-0.05, 0) is 38.5 Å². The van der Waals surface area contributed by atoms with Gasteiger partial charge in [0.1, 0.15) is 24.3 Å². The minimum atomic E-state index is -4.70. The van der Waals surface area contributed by atoms with Crippen LogP contribution in [0.3, 0.4) is 0 Å². The van der Waals surface area contributed by atoms with Crippen molar-refractivity contribution in [1.82, 2.24) is 14.9 Å². The second-order valence-corrected chi connectivity index (χ2v) is 6.44. The Kier molecular flexibility index (Phi) is 4.74. The minimum Gasteiger partial charge on any atom is -0.358 e. The van der Waals surface area contributed by atoms with Gasteiger partial charge in [0.2, 0.25) is 5.91 Å². The van der Waals surface area contributed by atoms with Crippen molar-refractivity contribution < 1.29 is 22.7 Å². The summed E-state index contributed by atoms with van der Waals surface area (Å²) in [5, 5.41) is 3.80. The molecule has 1 aliphatic heterocycles. The van der Waals surface area contributed by atoms with Crippen LogP contribution in [0, 0.1) is 6.92 Å². The molecular weight excluding hydrogens is 349 g/mol. The van der Waals surface area contributed by atoms with Gasteiger partial charge in [-0.25, -0.2) is 9.97 Å². The lowest BCUT2D eigenvalue weighted by molar-refractivity contribution is -0.359. The SMILES string of the molecule is Cc1ccc2c(N[C@H](C)C(=O)N3C[C@H](OC(F)(F)F)[C@@H]3C)ncnc2c1. The molecule has 1 saturated heterocycles. The zero-order chi connectivity index (χ0) is 19.1. The van der Waals surface area contributed by atoms with Crippen molar-refractivity contribution in [3.05, 3.63) is 30.1 Å². The van der Waals surface area contributed by atoms with Crippen molar-refractivity contribution in [2.75, 3.05) is 11.9 Å². The standard InChI is InChI=1S/C17H19F3N4O2/c1-9-4-5-12-13(6-9)21-8-22-15(12)23-10(2)16(25)24-7-14(11(24)3)26-17(18,19)20/h4-6,8,10-11,14H,7H2,1-3H3,(H,21,22,23)/t10-,11+,14+/m1/s1. The number of alkyl halides is 3. The Bertz CT molecular complexity index is 827. The third-order valence-corrected chi connectivity index (χ3v) is 4.49. The normalized spacial score (nSPS) is 21.4. The third-order valence-electron chi connectivity index (χ3n) is 4.49. The molecule has 1 fully saturated rings. The molecule has 0 spiro atoms. The van der Waals surface area contributed by atoms with Gasteiger partial charge >= 0.3 is 6.36 Å². The highest BCUT2D eigenvalue weighted by molar-refractivity contribution is 5.92. The van der Waals surface area contributed by atoms with Crippen molar-refractivity contribution in [3.8, 4) is 0 Å². The number of aromatic nitrogens is 2. The fourth-order valence-corrected chi connectivity index (χ4v) is 2.97. The summed E-state index contributed by atoms with van der Waals surface area (Å²) in [6.07, 6.45) is -4.33. The van der Waals surface area contributed by atoms with E-state index < -0.39 is 24.6 Å². The van der Waals surface area contributed by atoms with E-state index in [2.05, 4.69) is 20.0 Å². The van der Waals surface area contributed by atoms with Gasteiger partial charge in [-0.15, -0.1) is 13.2 Å². The van der Waals surface area contributed by atoms with E-state index >= 15 is 0 Å². The highest BCUT2D eigenvalue weighted by Gasteiger charge is 2.46. The predicted octanol–water partition coefficient (Wildman–Crippen LogP) is 2.87. The van der Waals surface area contributed by atoms with Crippen LogP contribution in [0.5, 0.6) is 0 Å². The summed E-state index contributed by atoms with van der Waals surface area (Å²) in [6.45, 7) is 5.04. The molecule has 1 N–H and O–H groups in total. The Morgan fingerprint density at radius 1 is 1.38 bits per heavy atom. The fraction of sp³-hybridized carbons (Fsp3) is 0.471. The molecule has 0 aliphatic carbocycles. The molecule has 1 aromatic carbocycles. The van der Waals surface area contributed by atoms with Gasteiger partial charge in [0.05, 0.1) is 11.6 Å². The number of benzene rings is 1. The molecule has 0 bridgehead atoms. The molecular formula is C17H19F3N4O2. The summed E-state index contributed by atoms with van der Waals surface area (Å²) in [7, 11) is 0. The number of nitrogens with zero attached hydrogens (tertiary/aromatic N) is 3. The lowest BCUT2D eigenvalue weighted by Gasteiger charge is -2.46. The van der Waals surface area contributed by atoms with Crippen LogP contribution in [-0.4, -0.2) is 51.9 Å². The van der Waals surface area contributed by atoms with E-state index in [0.29, 0.717) is 5.82 Å². The highest BCUT2D eigenvalue weighted by Crippen LogP contribution is 2.29. The maximum absolute atomic E-state index is 12.5. The molecule has 1 amide bonds. The monoisotopic (exact) mass is 368 g/mol. The van der Waals surface area contributed by atoms with Crippen LogP contribution in [-0.2, 0) is 9.53 Å². The van der Waals surface area contributed by atoms with Crippen molar-refractivity contribution in [2.24, 2.45) is 0 Å². The molecule has 140 valence electrons. The van der Waals surface area contributed by atoms with E-state index in [-0.39, 0.29) is 12.5 Å². The third kappa shape index (κ3) is 3.72. The van der Waals surface area contributed by atoms with E-state index in [1.807, 2.05) is 25.1 Å². The van der Waals surface area contributed by atoms with Crippen LogP contribution in [0.4, 0.5) is 19.0 Å². The number of amides is 1. The summed E-state index contributed by atoms with van der Waals surface area (Å²) < 4.78 is 40.9. The van der Waals surface area contributed by atoms with E-state index in [1.54, 1.807) is 6.92 Å². The van der Waals surface area contributed by atoms with Crippen molar-refractivity contribution in [1.29, 1.82) is 0 Å². The number of ether oxygens (including phenoxy) is 1. The van der Waals surface area contributed by atoms with Crippen molar-refractivity contribution in [2.45, 2.75) is 45.3 Å². The molecule has 3 rings (SSSR count). The fourth-order valence-electron chi connectivity index (χ4n) is 2.97. The molecule has 0 radical (unpaired) electrons. The minimum absolute atomic E-state index is 0.0880. The number of hydrogen-bond acceptors (Lipinski definition) is 5. The summed E-state index contributed by atoms with van der Waals surface area (Å²) in [6, 6.07) is 4.40. The number of aryl methyl sites for hydroxylation is 1. The van der Waals surface area contributed by atoms with Crippen LogP contribution in [0.2, 0.25) is 0 Å². The highest BCUT2D eigenvalue weighted by atomic mass is 19.4. The maximum Gasteiger partial charge on any atom is 0.522 e. The van der Waals surface area contributed by atoms with Gasteiger partial charge in [0.25, 0.3) is 0 Å². The molecule has 3 atom stereocenters. The van der Waals surface area contributed by atoms with Crippen LogP contribution in [0.1, 0.15) is 19.4 Å². The molecule has 26 heavy (non-hydrogen) atoms. The maximum atomic E-state index is 12.5. The zero-order valence-corrected chi connectivity index (χ0v) is 14.5. The van der Waals surface area contributed by atoms with E-state index in [0.717, 1.165) is 16.5 Å². The number of carbonyl (C=O) groups is 1. The topological polar surface area (TPSA) is 67.4 Å². The molecule has 9 heteroatoms. The molecule has 1 aromatic heterocycles. The first-order valence-electron chi connectivity index (χ1n) is 8.18. The Morgan fingerprint density at radius 3 is 2.77 bits per heavy atom. The van der Waals surface area contributed by atoms with E-state index in [1.165, 1.54) is 18.2 Å². The van der Waals surface area contributed by atoms with E-state index in [9.17, 15) is 18.0 Å². The second-order valence-electron chi connectivity index (χ2n) is 6.44. The quantitative estimate of drug-likeness (QED) is 0.899. The number of carbonyl (C=O) groups excluding carboxylic acids is 1. The van der Waals surface area contributed by atoms with Gasteiger partial charge in [0.15, 0.2) is 0 Å². The Labute approximate surface area is 148 Å². The summed E-state index contributed by atoms with van der Waals surface area (Å²) in [5.41, 5.74) is 1.80. The van der Waals surface area contributed by atoms with Crippen LogP contribution in [0.25, 0.3) is 10.9 Å². The van der Waals surface area contributed by atoms with Crippen LogP contribution >= 0.6 is 0 Å². The number of likely N-dealkylation sites (tertiary alicyclic amines) is 1. The first kappa shape index (κ1) is 18.4. The van der Waals surface area contributed by atoms with Gasteiger partial charge < -0.3 is 10.2 Å². The average molecular weight is 368 g/mol. The molecule has 6 nitrogen and oxygen atoms in total. The molecule has 1 aliphatic rings. The van der Waals surface area contributed by atoms with Crippen molar-refractivity contribution in [3.63, 3.8) is 0 Å². The Balaban J connectivity index is 1.68. The number of hydrogen-bond donors (Lipinski definition) is 1. The van der Waals surface area contributed by atoms with Gasteiger partial charge in [-0.2, -0.15) is 0 Å². The Morgan fingerprint density at radius 2 is 2.12 bits per heavy atom. The lowest BCUT2D eigenvalue weighted by Crippen LogP contribution is -2.64. The Hall–Kier alpha value is -2.42. The van der Waals surface area contributed by atoms with Crippen molar-refractivity contribution >= 4 is 22.6 Å². The molecule has 0 unspecified atom stereocenters. The van der Waals surface area contributed by atoms with Gasteiger partial charge in [0, 0.05) is 11.9 Å². The average Bonchev–Trinajstić information content (AvgIpc) is 2.56. The summed E-state index contributed by atoms with van der Waals surface area (Å²) >= 11 is 0. The van der Waals surface area contributed by atoms with Crippen LogP contribution in [0.15, 0.2) is 24.5 Å². The largest absolute Gasteiger partial charge is 0.522 e. The molecule has 2 aromatic rings. The first-order chi connectivity index (χ1) is 12.2. The lowest BCUT2D eigenvalue weighted by atomic mass is 9.99. The predicted molar refractivity (Wildman–Crippen MR) is 89.5 cm³/mol. The smallest absolute Gasteiger partial charge is 0.358 e. The summed E-state index contributed by atoms with van der Waals surface area (Å²) in [5.74, 6) is 0.200. The number of halogens is 3.